The molecule has 0 atom stereocenters. The Morgan fingerprint density at radius 1 is 0.926 bits per heavy atom. The lowest BCUT2D eigenvalue weighted by molar-refractivity contribution is 0.0601. The number of hydrogen-bond donors (Lipinski definition) is 2. The second-order valence-corrected chi connectivity index (χ2v) is 5.77. The number of nitrogens with one attached hydrogen (secondary N) is 2. The Kier molecular flexibility index (Phi) is 5.51. The molecule has 1 heterocycles. The van der Waals surface area contributed by atoms with Crippen LogP contribution in [0.4, 0.5) is 23.1 Å². The summed E-state index contributed by atoms with van der Waals surface area (Å²) in [5, 5.41) is 6.36. The number of rotatable bonds is 6. The zero-order chi connectivity index (χ0) is 19.2. The highest BCUT2D eigenvalue weighted by Crippen LogP contribution is 2.22. The maximum Gasteiger partial charge on any atom is 0.337 e. The maximum absolute atomic E-state index is 11.7. The molecule has 0 bridgehead atoms. The summed E-state index contributed by atoms with van der Waals surface area (Å²) >= 11 is 0. The topological polar surface area (TPSA) is 85.4 Å². The number of anilines is 4. The number of carbonyl (C=O) groups excluding carboxylic acids is 1. The van der Waals surface area contributed by atoms with Gasteiger partial charge in [0.2, 0.25) is 5.95 Å². The molecule has 27 heavy (non-hydrogen) atoms. The minimum absolute atomic E-state index is 0.399. The van der Waals surface area contributed by atoms with Gasteiger partial charge in [0.25, 0.3) is 0 Å². The van der Waals surface area contributed by atoms with E-state index in [-0.39, 0.29) is 0 Å². The molecule has 0 aliphatic carbocycles. The third-order valence-corrected chi connectivity index (χ3v) is 3.74. The molecule has 0 radical (unpaired) electrons. The van der Waals surface area contributed by atoms with Crippen molar-refractivity contribution in [3.8, 4) is 5.75 Å². The van der Waals surface area contributed by atoms with E-state index >= 15 is 0 Å². The van der Waals surface area contributed by atoms with Crippen molar-refractivity contribution in [3.63, 3.8) is 0 Å². The molecule has 7 nitrogen and oxygen atoms in total. The molecule has 3 aromatic rings. The Bertz CT molecular complexity index is 959. The summed E-state index contributed by atoms with van der Waals surface area (Å²) in [5.41, 5.74) is 2.79. The minimum atomic E-state index is -0.399. The molecular formula is C20H20N4O3. The van der Waals surface area contributed by atoms with Crippen molar-refractivity contribution in [2.45, 2.75) is 6.92 Å². The second-order valence-electron chi connectivity index (χ2n) is 5.77. The van der Waals surface area contributed by atoms with Gasteiger partial charge in [-0.15, -0.1) is 0 Å². The van der Waals surface area contributed by atoms with Crippen LogP contribution >= 0.6 is 0 Å². The van der Waals surface area contributed by atoms with E-state index in [1.807, 2.05) is 43.3 Å². The van der Waals surface area contributed by atoms with Crippen molar-refractivity contribution in [2.75, 3.05) is 24.9 Å². The van der Waals surface area contributed by atoms with Crippen LogP contribution in [-0.4, -0.2) is 30.2 Å². The van der Waals surface area contributed by atoms with Crippen LogP contribution in [0, 0.1) is 6.92 Å². The fraction of sp³-hybridized carbons (Fsp3) is 0.150. The van der Waals surface area contributed by atoms with Crippen LogP contribution in [0.1, 0.15) is 16.1 Å². The minimum Gasteiger partial charge on any atom is -0.497 e. The van der Waals surface area contributed by atoms with Crippen molar-refractivity contribution in [2.24, 2.45) is 0 Å². The quantitative estimate of drug-likeness (QED) is 0.638. The average Bonchev–Trinajstić information content (AvgIpc) is 2.67. The SMILES string of the molecule is COC(=O)c1cccc(Nc2nc(C)cc(Nc3cccc(OC)c3)n2)c1. The summed E-state index contributed by atoms with van der Waals surface area (Å²) in [6.45, 7) is 1.88. The van der Waals surface area contributed by atoms with Gasteiger partial charge in [-0.25, -0.2) is 9.78 Å². The molecule has 2 aromatic carbocycles. The monoisotopic (exact) mass is 364 g/mol. The summed E-state index contributed by atoms with van der Waals surface area (Å²) in [5.74, 6) is 1.41. The summed E-state index contributed by atoms with van der Waals surface area (Å²) < 4.78 is 9.98. The Hall–Kier alpha value is -3.61. The number of nitrogens with zero attached hydrogens (tertiary/aromatic N) is 2. The van der Waals surface area contributed by atoms with E-state index in [0.29, 0.717) is 23.0 Å². The van der Waals surface area contributed by atoms with E-state index in [1.165, 1.54) is 7.11 Å². The number of carbonyl (C=O) groups is 1. The van der Waals surface area contributed by atoms with Crippen molar-refractivity contribution < 1.29 is 14.3 Å². The molecule has 0 spiro atoms. The molecule has 7 heteroatoms. The van der Waals surface area contributed by atoms with E-state index in [1.54, 1.807) is 25.3 Å². The van der Waals surface area contributed by atoms with Crippen LogP contribution in [0.2, 0.25) is 0 Å². The summed E-state index contributed by atoms with van der Waals surface area (Å²) in [4.78, 5) is 20.6. The Labute approximate surface area is 157 Å². The number of methoxy groups -OCH3 is 2. The number of aromatic nitrogens is 2. The van der Waals surface area contributed by atoms with Crippen molar-refractivity contribution in [1.29, 1.82) is 0 Å². The van der Waals surface area contributed by atoms with Crippen LogP contribution < -0.4 is 15.4 Å². The molecule has 0 unspecified atom stereocenters. The fourth-order valence-corrected chi connectivity index (χ4v) is 2.51. The normalized spacial score (nSPS) is 10.2. The van der Waals surface area contributed by atoms with E-state index < -0.39 is 5.97 Å². The first kappa shape index (κ1) is 18.2. The number of hydrogen-bond acceptors (Lipinski definition) is 7. The lowest BCUT2D eigenvalue weighted by Gasteiger charge is -2.11. The summed E-state index contributed by atoms with van der Waals surface area (Å²) in [6.07, 6.45) is 0. The Morgan fingerprint density at radius 3 is 2.41 bits per heavy atom. The predicted molar refractivity (Wildman–Crippen MR) is 104 cm³/mol. The highest BCUT2D eigenvalue weighted by molar-refractivity contribution is 5.90. The van der Waals surface area contributed by atoms with Crippen molar-refractivity contribution >= 4 is 29.1 Å². The van der Waals surface area contributed by atoms with Gasteiger partial charge in [-0.1, -0.05) is 12.1 Å². The first-order chi connectivity index (χ1) is 13.1. The smallest absolute Gasteiger partial charge is 0.337 e. The van der Waals surface area contributed by atoms with Gasteiger partial charge in [0.1, 0.15) is 11.6 Å². The van der Waals surface area contributed by atoms with Crippen molar-refractivity contribution in [1.82, 2.24) is 9.97 Å². The van der Waals surface area contributed by atoms with Gasteiger partial charge in [0.05, 0.1) is 19.8 Å². The molecule has 0 saturated carbocycles. The number of benzene rings is 2. The van der Waals surface area contributed by atoms with Crippen LogP contribution in [0.5, 0.6) is 5.75 Å². The van der Waals surface area contributed by atoms with Gasteiger partial charge >= 0.3 is 5.97 Å². The lowest BCUT2D eigenvalue weighted by atomic mass is 10.2. The average molecular weight is 364 g/mol. The molecular weight excluding hydrogens is 344 g/mol. The molecule has 2 N–H and O–H groups in total. The second kappa shape index (κ2) is 8.18. The molecule has 1 aromatic heterocycles. The third kappa shape index (κ3) is 4.72. The predicted octanol–water partition coefficient (Wildman–Crippen LogP) is 4.07. The zero-order valence-electron chi connectivity index (χ0n) is 15.3. The van der Waals surface area contributed by atoms with Gasteiger partial charge in [-0.3, -0.25) is 0 Å². The van der Waals surface area contributed by atoms with Gasteiger partial charge in [-0.2, -0.15) is 4.98 Å². The molecule has 0 amide bonds. The lowest BCUT2D eigenvalue weighted by Crippen LogP contribution is -2.04. The van der Waals surface area contributed by atoms with Crippen molar-refractivity contribution in [3.05, 3.63) is 65.9 Å². The van der Waals surface area contributed by atoms with E-state index in [4.69, 9.17) is 9.47 Å². The highest BCUT2D eigenvalue weighted by Gasteiger charge is 2.08. The standard InChI is InChI=1S/C20H20N4O3/c1-13-10-18(22-16-8-5-9-17(12-16)26-2)24-20(21-13)23-15-7-4-6-14(11-15)19(25)27-3/h4-12H,1-3H3,(H2,21,22,23,24). The largest absolute Gasteiger partial charge is 0.497 e. The van der Waals surface area contributed by atoms with Crippen LogP contribution in [-0.2, 0) is 4.74 Å². The zero-order valence-corrected chi connectivity index (χ0v) is 15.3. The first-order valence-corrected chi connectivity index (χ1v) is 8.29. The van der Waals surface area contributed by atoms with Crippen LogP contribution in [0.3, 0.4) is 0 Å². The van der Waals surface area contributed by atoms with E-state index in [9.17, 15) is 4.79 Å². The Morgan fingerprint density at radius 2 is 1.67 bits per heavy atom. The highest BCUT2D eigenvalue weighted by atomic mass is 16.5. The van der Waals surface area contributed by atoms with E-state index in [2.05, 4.69) is 20.6 Å². The molecule has 0 saturated heterocycles. The molecule has 0 fully saturated rings. The molecule has 0 aliphatic heterocycles. The molecule has 3 rings (SSSR count). The summed E-state index contributed by atoms with van der Waals surface area (Å²) in [7, 11) is 2.97. The first-order valence-electron chi connectivity index (χ1n) is 8.29. The molecule has 0 aliphatic rings. The maximum atomic E-state index is 11.7. The molecule has 138 valence electrons. The van der Waals surface area contributed by atoms with Gasteiger partial charge in [0, 0.05) is 29.2 Å². The number of esters is 1. The van der Waals surface area contributed by atoms with Gasteiger partial charge in [0.15, 0.2) is 0 Å². The fourth-order valence-electron chi connectivity index (χ4n) is 2.51. The van der Waals surface area contributed by atoms with Crippen LogP contribution in [0.15, 0.2) is 54.6 Å². The van der Waals surface area contributed by atoms with E-state index in [0.717, 1.165) is 17.1 Å². The third-order valence-electron chi connectivity index (χ3n) is 3.74. The number of ether oxygens (including phenoxy) is 2. The summed E-state index contributed by atoms with van der Waals surface area (Å²) in [6, 6.07) is 16.4. The van der Waals surface area contributed by atoms with Gasteiger partial charge < -0.3 is 20.1 Å². The Balaban J connectivity index is 1.82. The van der Waals surface area contributed by atoms with Crippen LogP contribution in [0.25, 0.3) is 0 Å². The van der Waals surface area contributed by atoms with Gasteiger partial charge in [-0.05, 0) is 37.3 Å². The number of aryl methyl sites for hydroxylation is 1.